The standard InChI is InChI=1S/C10H7Cl2FO2/c11-10(12)5-9(10,8(14)15)6-2-1-3-7(13)4-6/h1-4H,5H2,(H,14,15). The van der Waals surface area contributed by atoms with Crippen molar-refractivity contribution in [3.05, 3.63) is 35.6 Å². The summed E-state index contributed by atoms with van der Waals surface area (Å²) in [5.41, 5.74) is -1.06. The SMILES string of the molecule is O=C(O)C1(c2cccc(F)c2)CC1(Cl)Cl. The summed E-state index contributed by atoms with van der Waals surface area (Å²) in [5, 5.41) is 9.09. The molecule has 1 N–H and O–H groups in total. The fraction of sp³-hybridized carbons (Fsp3) is 0.300. The second-order valence-corrected chi connectivity index (χ2v) is 5.09. The third kappa shape index (κ3) is 1.42. The highest BCUT2D eigenvalue weighted by Crippen LogP contribution is 2.64. The van der Waals surface area contributed by atoms with Gasteiger partial charge in [0.15, 0.2) is 0 Å². The zero-order valence-electron chi connectivity index (χ0n) is 7.51. The molecule has 0 heterocycles. The van der Waals surface area contributed by atoms with E-state index in [-0.39, 0.29) is 6.42 Å². The van der Waals surface area contributed by atoms with Crippen molar-refractivity contribution >= 4 is 29.2 Å². The van der Waals surface area contributed by atoms with E-state index in [1.54, 1.807) is 0 Å². The molecule has 80 valence electrons. The summed E-state index contributed by atoms with van der Waals surface area (Å²) in [6, 6.07) is 5.35. The Morgan fingerprint density at radius 2 is 2.07 bits per heavy atom. The molecule has 0 radical (unpaired) electrons. The molecule has 1 aliphatic rings. The first-order valence-corrected chi connectivity index (χ1v) is 5.03. The highest BCUT2D eigenvalue weighted by molar-refractivity contribution is 6.54. The maximum Gasteiger partial charge on any atom is 0.317 e. The molecule has 1 saturated carbocycles. The van der Waals surface area contributed by atoms with E-state index in [9.17, 15) is 9.18 Å². The second kappa shape index (κ2) is 3.09. The van der Waals surface area contributed by atoms with Crippen LogP contribution in [0.5, 0.6) is 0 Å². The van der Waals surface area contributed by atoms with Gasteiger partial charge in [-0.1, -0.05) is 35.3 Å². The van der Waals surface area contributed by atoms with Crippen molar-refractivity contribution in [2.45, 2.75) is 16.2 Å². The van der Waals surface area contributed by atoms with Gasteiger partial charge in [-0.15, -0.1) is 0 Å². The van der Waals surface area contributed by atoms with Gasteiger partial charge in [-0.3, -0.25) is 4.79 Å². The van der Waals surface area contributed by atoms with Gasteiger partial charge in [0.2, 0.25) is 0 Å². The van der Waals surface area contributed by atoms with Crippen molar-refractivity contribution in [2.24, 2.45) is 0 Å². The molecule has 0 spiro atoms. The smallest absolute Gasteiger partial charge is 0.317 e. The average Bonchev–Trinajstić information content (AvgIpc) is 2.71. The van der Waals surface area contributed by atoms with Gasteiger partial charge in [0.05, 0.1) is 0 Å². The largest absolute Gasteiger partial charge is 0.480 e. The topological polar surface area (TPSA) is 37.3 Å². The monoisotopic (exact) mass is 248 g/mol. The molecule has 1 aromatic carbocycles. The Balaban J connectivity index is 2.50. The van der Waals surface area contributed by atoms with E-state index in [4.69, 9.17) is 28.3 Å². The minimum absolute atomic E-state index is 0.0991. The lowest BCUT2D eigenvalue weighted by molar-refractivity contribution is -0.140. The number of carboxylic acids is 1. The first-order valence-electron chi connectivity index (χ1n) is 4.27. The van der Waals surface area contributed by atoms with Gasteiger partial charge < -0.3 is 5.11 Å². The fourth-order valence-corrected chi connectivity index (χ4v) is 2.49. The molecule has 1 aromatic rings. The van der Waals surface area contributed by atoms with Crippen LogP contribution in [-0.4, -0.2) is 15.4 Å². The van der Waals surface area contributed by atoms with Gasteiger partial charge in [-0.05, 0) is 17.7 Å². The molecular formula is C10H7Cl2FO2. The lowest BCUT2D eigenvalue weighted by atomic mass is 9.96. The van der Waals surface area contributed by atoms with Crippen LogP contribution in [0.1, 0.15) is 12.0 Å². The highest BCUT2D eigenvalue weighted by atomic mass is 35.5. The summed E-state index contributed by atoms with van der Waals surface area (Å²) in [5.74, 6) is -1.62. The number of carboxylic acid groups (broad SMARTS) is 1. The van der Waals surface area contributed by atoms with Crippen LogP contribution in [0.4, 0.5) is 4.39 Å². The Kier molecular flexibility index (Phi) is 2.21. The van der Waals surface area contributed by atoms with Gasteiger partial charge in [0.1, 0.15) is 15.6 Å². The fourth-order valence-electron chi connectivity index (χ4n) is 1.71. The summed E-state index contributed by atoms with van der Waals surface area (Å²) in [6.45, 7) is 0. The third-order valence-corrected chi connectivity index (χ3v) is 3.58. The minimum Gasteiger partial charge on any atom is -0.480 e. The minimum atomic E-state index is -1.36. The number of aliphatic carboxylic acids is 1. The van der Waals surface area contributed by atoms with Crippen molar-refractivity contribution in [1.29, 1.82) is 0 Å². The van der Waals surface area contributed by atoms with Crippen LogP contribution in [0, 0.1) is 5.82 Å². The number of benzene rings is 1. The van der Waals surface area contributed by atoms with E-state index >= 15 is 0 Å². The van der Waals surface area contributed by atoms with E-state index in [2.05, 4.69) is 0 Å². The molecule has 15 heavy (non-hydrogen) atoms. The maximum atomic E-state index is 13.0. The summed E-state index contributed by atoms with van der Waals surface area (Å²) < 4.78 is 11.6. The van der Waals surface area contributed by atoms with Gasteiger partial charge in [0.25, 0.3) is 0 Å². The normalized spacial score (nSPS) is 27.4. The quantitative estimate of drug-likeness (QED) is 0.818. The van der Waals surface area contributed by atoms with Crippen molar-refractivity contribution in [2.75, 3.05) is 0 Å². The number of hydrogen-bond acceptors (Lipinski definition) is 1. The predicted molar refractivity (Wildman–Crippen MR) is 54.8 cm³/mol. The third-order valence-electron chi connectivity index (χ3n) is 2.67. The van der Waals surface area contributed by atoms with E-state index in [0.29, 0.717) is 5.56 Å². The molecule has 5 heteroatoms. The van der Waals surface area contributed by atoms with Crippen LogP contribution in [0.3, 0.4) is 0 Å². The molecule has 0 bridgehead atoms. The number of alkyl halides is 2. The predicted octanol–water partition coefficient (Wildman–Crippen LogP) is 2.73. The van der Waals surface area contributed by atoms with Crippen molar-refractivity contribution < 1.29 is 14.3 Å². The van der Waals surface area contributed by atoms with Gasteiger partial charge >= 0.3 is 5.97 Å². The maximum absolute atomic E-state index is 13.0. The van der Waals surface area contributed by atoms with E-state index in [1.165, 1.54) is 18.2 Å². The number of carbonyl (C=O) groups is 1. The van der Waals surface area contributed by atoms with Crippen LogP contribution >= 0.6 is 23.2 Å². The zero-order chi connectivity index (χ0) is 11.3. The Hall–Kier alpha value is -0.800. The number of halogens is 3. The van der Waals surface area contributed by atoms with Gasteiger partial charge in [-0.25, -0.2) is 4.39 Å². The summed E-state index contributed by atoms with van der Waals surface area (Å²) >= 11 is 11.6. The first-order chi connectivity index (χ1) is 6.90. The summed E-state index contributed by atoms with van der Waals surface area (Å²) in [7, 11) is 0. The van der Waals surface area contributed by atoms with Crippen LogP contribution < -0.4 is 0 Å². The van der Waals surface area contributed by atoms with E-state index < -0.39 is 21.5 Å². The van der Waals surface area contributed by atoms with Gasteiger partial charge in [0, 0.05) is 6.42 Å². The Labute approximate surface area is 95.6 Å². The molecule has 0 amide bonds. The highest BCUT2D eigenvalue weighted by Gasteiger charge is 2.72. The molecule has 1 aliphatic carbocycles. The number of hydrogen-bond donors (Lipinski definition) is 1. The van der Waals surface area contributed by atoms with E-state index in [0.717, 1.165) is 6.07 Å². The lowest BCUT2D eigenvalue weighted by Gasteiger charge is -2.13. The van der Waals surface area contributed by atoms with Crippen molar-refractivity contribution in [3.63, 3.8) is 0 Å². The molecule has 2 nitrogen and oxygen atoms in total. The van der Waals surface area contributed by atoms with Crippen LogP contribution in [0.25, 0.3) is 0 Å². The lowest BCUT2D eigenvalue weighted by Crippen LogP contribution is -2.26. The number of rotatable bonds is 2. The average molecular weight is 249 g/mol. The van der Waals surface area contributed by atoms with Crippen LogP contribution in [0.2, 0.25) is 0 Å². The van der Waals surface area contributed by atoms with Crippen LogP contribution in [-0.2, 0) is 10.2 Å². The summed E-state index contributed by atoms with van der Waals surface area (Å²) in [6.07, 6.45) is 0.0991. The molecule has 1 atom stereocenters. The van der Waals surface area contributed by atoms with Gasteiger partial charge in [-0.2, -0.15) is 0 Å². The molecule has 0 aliphatic heterocycles. The zero-order valence-corrected chi connectivity index (χ0v) is 9.02. The summed E-state index contributed by atoms with van der Waals surface area (Å²) in [4.78, 5) is 11.1. The molecule has 0 aromatic heterocycles. The van der Waals surface area contributed by atoms with E-state index in [1.807, 2.05) is 0 Å². The van der Waals surface area contributed by atoms with Crippen molar-refractivity contribution in [3.8, 4) is 0 Å². The first kappa shape index (κ1) is 10.7. The Morgan fingerprint density at radius 3 is 2.47 bits per heavy atom. The Morgan fingerprint density at radius 1 is 1.47 bits per heavy atom. The molecular weight excluding hydrogens is 242 g/mol. The second-order valence-electron chi connectivity index (χ2n) is 3.60. The van der Waals surface area contributed by atoms with Crippen molar-refractivity contribution in [1.82, 2.24) is 0 Å². The molecule has 1 fully saturated rings. The molecule has 0 saturated heterocycles. The molecule has 1 unspecified atom stereocenters. The molecule has 2 rings (SSSR count). The van der Waals surface area contributed by atoms with Crippen LogP contribution in [0.15, 0.2) is 24.3 Å². The Bertz CT molecular complexity index is 433.